The first-order valence-corrected chi connectivity index (χ1v) is 8.69. The van der Waals surface area contributed by atoms with Crippen molar-refractivity contribution in [1.82, 2.24) is 4.31 Å². The second-order valence-electron chi connectivity index (χ2n) is 3.55. The zero-order chi connectivity index (χ0) is 12.9. The second-order valence-corrected chi connectivity index (χ2v) is 7.20. The van der Waals surface area contributed by atoms with Crippen LogP contribution in [0.5, 0.6) is 0 Å². The van der Waals surface area contributed by atoms with Crippen LogP contribution in [0.2, 0.25) is 0 Å². The van der Waals surface area contributed by atoms with Gasteiger partial charge in [0.1, 0.15) is 0 Å². The monoisotopic (exact) mass is 383 g/mol. The van der Waals surface area contributed by atoms with Crippen LogP contribution >= 0.6 is 31.9 Å². The normalized spacial score (nSPS) is 12.0. The lowest BCUT2D eigenvalue weighted by atomic mass is 10.4. The summed E-state index contributed by atoms with van der Waals surface area (Å²) in [7, 11) is -3.37. The molecule has 0 aliphatic carbocycles. The van der Waals surface area contributed by atoms with E-state index in [1.807, 2.05) is 13.0 Å². The van der Waals surface area contributed by atoms with Crippen molar-refractivity contribution in [2.45, 2.75) is 18.2 Å². The van der Waals surface area contributed by atoms with E-state index in [1.54, 1.807) is 18.2 Å². The highest BCUT2D eigenvalue weighted by atomic mass is 79.9. The molecule has 0 bridgehead atoms. The van der Waals surface area contributed by atoms with Crippen LogP contribution in [0.1, 0.15) is 13.3 Å². The van der Waals surface area contributed by atoms with Crippen molar-refractivity contribution >= 4 is 41.9 Å². The fourth-order valence-electron chi connectivity index (χ4n) is 1.47. The van der Waals surface area contributed by atoms with E-state index < -0.39 is 10.0 Å². The van der Waals surface area contributed by atoms with Crippen LogP contribution in [-0.2, 0) is 10.0 Å². The number of hydrogen-bond donors (Lipinski definition) is 0. The third-order valence-electron chi connectivity index (χ3n) is 2.24. The van der Waals surface area contributed by atoms with Crippen molar-refractivity contribution in [2.75, 3.05) is 18.4 Å². The van der Waals surface area contributed by atoms with E-state index >= 15 is 0 Å². The van der Waals surface area contributed by atoms with Gasteiger partial charge in [0.15, 0.2) is 0 Å². The zero-order valence-corrected chi connectivity index (χ0v) is 13.6. The Labute approximate surface area is 120 Å². The molecular weight excluding hydrogens is 370 g/mol. The van der Waals surface area contributed by atoms with E-state index in [-0.39, 0.29) is 0 Å². The molecule has 0 amide bonds. The predicted molar refractivity (Wildman–Crippen MR) is 77.0 cm³/mol. The molecule has 3 nitrogen and oxygen atoms in total. The Kier molecular flexibility index (Phi) is 6.12. The molecular formula is C11H15Br2NO2S. The molecule has 0 heterocycles. The van der Waals surface area contributed by atoms with Crippen LogP contribution < -0.4 is 0 Å². The maximum Gasteiger partial charge on any atom is 0.243 e. The third kappa shape index (κ3) is 4.05. The van der Waals surface area contributed by atoms with E-state index in [0.717, 1.165) is 10.9 Å². The van der Waals surface area contributed by atoms with E-state index in [1.165, 1.54) is 4.31 Å². The molecule has 6 heteroatoms. The molecule has 0 radical (unpaired) electrons. The Morgan fingerprint density at radius 1 is 1.29 bits per heavy atom. The van der Waals surface area contributed by atoms with E-state index in [0.29, 0.717) is 23.3 Å². The van der Waals surface area contributed by atoms with Crippen molar-refractivity contribution in [3.8, 4) is 0 Å². The Balaban J connectivity index is 3.07. The first kappa shape index (κ1) is 15.1. The van der Waals surface area contributed by atoms with Gasteiger partial charge in [0.2, 0.25) is 10.0 Å². The molecule has 0 spiro atoms. The number of benzene rings is 1. The molecule has 0 aliphatic rings. The number of rotatable bonds is 6. The number of halogens is 2. The largest absolute Gasteiger partial charge is 0.243 e. The summed E-state index contributed by atoms with van der Waals surface area (Å²) in [4.78, 5) is 0.335. The quantitative estimate of drug-likeness (QED) is 0.706. The molecule has 0 aromatic heterocycles. The molecule has 17 heavy (non-hydrogen) atoms. The maximum atomic E-state index is 12.3. The summed E-state index contributed by atoms with van der Waals surface area (Å²) in [6.45, 7) is 3.00. The van der Waals surface area contributed by atoms with Crippen LogP contribution in [0.25, 0.3) is 0 Å². The highest BCUT2D eigenvalue weighted by Crippen LogP contribution is 2.20. The molecule has 0 saturated carbocycles. The van der Waals surface area contributed by atoms with Crippen LogP contribution in [-0.4, -0.2) is 31.1 Å². The average Bonchev–Trinajstić information content (AvgIpc) is 2.29. The SMILES string of the molecule is CCCN(CCBr)S(=O)(=O)c1cccc(Br)c1. The predicted octanol–water partition coefficient (Wildman–Crippen LogP) is 3.24. The third-order valence-corrected chi connectivity index (χ3v) is 4.98. The Morgan fingerprint density at radius 3 is 2.53 bits per heavy atom. The number of alkyl halides is 1. The maximum absolute atomic E-state index is 12.3. The van der Waals surface area contributed by atoms with Gasteiger partial charge in [0.05, 0.1) is 4.90 Å². The zero-order valence-electron chi connectivity index (χ0n) is 9.57. The first-order valence-electron chi connectivity index (χ1n) is 5.34. The number of sulfonamides is 1. The minimum absolute atomic E-state index is 0.335. The van der Waals surface area contributed by atoms with Gasteiger partial charge in [0, 0.05) is 22.9 Å². The van der Waals surface area contributed by atoms with Crippen molar-refractivity contribution in [3.63, 3.8) is 0 Å². The van der Waals surface area contributed by atoms with Crippen LogP contribution in [0, 0.1) is 0 Å². The van der Waals surface area contributed by atoms with Crippen molar-refractivity contribution in [3.05, 3.63) is 28.7 Å². The minimum Gasteiger partial charge on any atom is -0.207 e. The summed E-state index contributed by atoms with van der Waals surface area (Å²) in [6, 6.07) is 6.80. The number of nitrogens with zero attached hydrogens (tertiary/aromatic N) is 1. The van der Waals surface area contributed by atoms with E-state index in [2.05, 4.69) is 31.9 Å². The molecule has 0 N–H and O–H groups in total. The second kappa shape index (κ2) is 6.87. The van der Waals surface area contributed by atoms with Gasteiger partial charge < -0.3 is 0 Å². The van der Waals surface area contributed by atoms with Crippen LogP contribution in [0.4, 0.5) is 0 Å². The molecule has 96 valence electrons. The highest BCUT2D eigenvalue weighted by Gasteiger charge is 2.22. The highest BCUT2D eigenvalue weighted by molar-refractivity contribution is 9.10. The fraction of sp³-hybridized carbons (Fsp3) is 0.455. The van der Waals surface area contributed by atoms with Crippen molar-refractivity contribution in [2.24, 2.45) is 0 Å². The molecule has 1 rings (SSSR count). The Bertz CT molecular complexity index is 456. The lowest BCUT2D eigenvalue weighted by Crippen LogP contribution is -2.33. The summed E-state index contributed by atoms with van der Waals surface area (Å²) >= 11 is 6.57. The minimum atomic E-state index is -3.37. The molecule has 0 unspecified atom stereocenters. The summed E-state index contributed by atoms with van der Waals surface area (Å²) < 4.78 is 27.0. The van der Waals surface area contributed by atoms with Crippen LogP contribution in [0.3, 0.4) is 0 Å². The van der Waals surface area contributed by atoms with Gasteiger partial charge >= 0.3 is 0 Å². The standard InChI is InChI=1S/C11H15Br2NO2S/c1-2-7-14(8-6-12)17(15,16)11-5-3-4-10(13)9-11/h3-5,9H,2,6-8H2,1H3. The summed E-state index contributed by atoms with van der Waals surface area (Å²) in [6.07, 6.45) is 0.806. The van der Waals surface area contributed by atoms with Gasteiger partial charge in [-0.3, -0.25) is 0 Å². The number of hydrogen-bond acceptors (Lipinski definition) is 2. The van der Waals surface area contributed by atoms with Gasteiger partial charge in [-0.1, -0.05) is 44.8 Å². The van der Waals surface area contributed by atoms with E-state index in [9.17, 15) is 8.42 Å². The van der Waals surface area contributed by atoms with Crippen molar-refractivity contribution < 1.29 is 8.42 Å². The molecule has 1 aromatic rings. The fourth-order valence-corrected chi connectivity index (χ4v) is 4.27. The van der Waals surface area contributed by atoms with Crippen LogP contribution in [0.15, 0.2) is 33.6 Å². The van der Waals surface area contributed by atoms with Gasteiger partial charge in [-0.15, -0.1) is 0 Å². The molecule has 1 aromatic carbocycles. The molecule has 0 fully saturated rings. The molecule has 0 saturated heterocycles. The topological polar surface area (TPSA) is 37.4 Å². The molecule has 0 atom stereocenters. The van der Waals surface area contributed by atoms with E-state index in [4.69, 9.17) is 0 Å². The van der Waals surface area contributed by atoms with Gasteiger partial charge in [0.25, 0.3) is 0 Å². The average molecular weight is 385 g/mol. The Hall–Kier alpha value is 0.0900. The lowest BCUT2D eigenvalue weighted by Gasteiger charge is -2.20. The summed E-state index contributed by atoms with van der Waals surface area (Å²) in [5.74, 6) is 0. The van der Waals surface area contributed by atoms with Gasteiger partial charge in [-0.05, 0) is 24.6 Å². The smallest absolute Gasteiger partial charge is 0.207 e. The first-order chi connectivity index (χ1) is 8.02. The van der Waals surface area contributed by atoms with Crippen molar-refractivity contribution in [1.29, 1.82) is 0 Å². The van der Waals surface area contributed by atoms with Gasteiger partial charge in [-0.2, -0.15) is 4.31 Å². The Morgan fingerprint density at radius 2 is 2.00 bits per heavy atom. The van der Waals surface area contributed by atoms with Gasteiger partial charge in [-0.25, -0.2) is 8.42 Å². The lowest BCUT2D eigenvalue weighted by molar-refractivity contribution is 0.430. The summed E-state index contributed by atoms with van der Waals surface area (Å²) in [5, 5.41) is 0.639. The molecule has 0 aliphatic heterocycles. The summed E-state index contributed by atoms with van der Waals surface area (Å²) in [5.41, 5.74) is 0.